The molecule has 2 nitrogen and oxygen atoms in total. The van der Waals surface area contributed by atoms with Crippen LogP contribution in [-0.2, 0) is 32.7 Å². The van der Waals surface area contributed by atoms with E-state index in [1.165, 1.54) is 50.3 Å². The zero-order chi connectivity index (χ0) is 22.0. The minimum absolute atomic E-state index is 0. The first-order valence-corrected chi connectivity index (χ1v) is 10.7. The van der Waals surface area contributed by atoms with Crippen LogP contribution < -0.4 is 9.80 Å². The Morgan fingerprint density at radius 2 is 0.688 bits per heavy atom. The SMILES string of the molecule is Cc1ccc(-c2cc(-c3ccc(N(C)C)cc3)cc(-c3ccc(N(C)C)cc3)c2)cc1.[Y]. The molecule has 159 valence electrons. The van der Waals surface area contributed by atoms with Crippen LogP contribution in [0.5, 0.6) is 0 Å². The average Bonchev–Trinajstić information content (AvgIpc) is 2.79. The molecule has 3 heteroatoms. The standard InChI is InChI=1S/C29H30N2.Y/c1-21-6-8-22(9-7-21)25-18-26(23-10-14-28(15-11-23)30(2)3)20-27(19-25)24-12-16-29(17-13-24)31(4)5;/h6-20H,1-5H3;. The molecule has 0 saturated heterocycles. The minimum Gasteiger partial charge on any atom is -0.378 e. The second kappa shape index (κ2) is 10.5. The van der Waals surface area contributed by atoms with E-state index < -0.39 is 0 Å². The summed E-state index contributed by atoms with van der Waals surface area (Å²) in [7, 11) is 8.29. The number of hydrogen-bond donors (Lipinski definition) is 0. The quantitative estimate of drug-likeness (QED) is 0.291. The van der Waals surface area contributed by atoms with Crippen molar-refractivity contribution in [3.63, 3.8) is 0 Å². The van der Waals surface area contributed by atoms with E-state index in [1.54, 1.807) is 0 Å². The Labute approximate surface area is 217 Å². The number of hydrogen-bond acceptors (Lipinski definition) is 2. The third kappa shape index (κ3) is 5.49. The fourth-order valence-corrected chi connectivity index (χ4v) is 3.78. The van der Waals surface area contributed by atoms with Gasteiger partial charge in [0.25, 0.3) is 0 Å². The van der Waals surface area contributed by atoms with Gasteiger partial charge in [-0.05, 0) is 82.8 Å². The molecule has 32 heavy (non-hydrogen) atoms. The van der Waals surface area contributed by atoms with Gasteiger partial charge in [-0.1, -0.05) is 54.1 Å². The largest absolute Gasteiger partial charge is 0.378 e. The van der Waals surface area contributed by atoms with Gasteiger partial charge in [0.05, 0.1) is 0 Å². The van der Waals surface area contributed by atoms with Crippen LogP contribution in [0.25, 0.3) is 33.4 Å². The van der Waals surface area contributed by atoms with Gasteiger partial charge in [-0.2, -0.15) is 0 Å². The second-order valence-corrected chi connectivity index (χ2v) is 8.55. The molecule has 0 aromatic heterocycles. The molecule has 4 aromatic rings. The predicted octanol–water partition coefficient (Wildman–Crippen LogP) is 7.13. The van der Waals surface area contributed by atoms with Gasteiger partial charge < -0.3 is 9.80 Å². The summed E-state index contributed by atoms with van der Waals surface area (Å²) in [6, 6.07) is 33.2. The molecule has 0 aliphatic rings. The van der Waals surface area contributed by atoms with E-state index in [0.717, 1.165) is 0 Å². The Kier molecular flexibility index (Phi) is 7.93. The van der Waals surface area contributed by atoms with Crippen molar-refractivity contribution in [3.05, 3.63) is 96.6 Å². The first kappa shape index (κ1) is 24.2. The van der Waals surface area contributed by atoms with Crippen molar-refractivity contribution < 1.29 is 32.7 Å². The second-order valence-electron chi connectivity index (χ2n) is 8.55. The molecule has 0 aliphatic heterocycles. The Morgan fingerprint density at radius 1 is 0.406 bits per heavy atom. The molecule has 0 saturated carbocycles. The fraction of sp³-hybridized carbons (Fsp3) is 0.172. The minimum atomic E-state index is 0. The van der Waals surface area contributed by atoms with Crippen LogP contribution in [0.15, 0.2) is 91.0 Å². The summed E-state index contributed by atoms with van der Waals surface area (Å²) in [6.45, 7) is 2.13. The Bertz CT molecular complexity index is 1090. The normalized spacial score (nSPS) is 10.4. The summed E-state index contributed by atoms with van der Waals surface area (Å²) >= 11 is 0. The molecule has 0 N–H and O–H groups in total. The van der Waals surface area contributed by atoms with E-state index in [-0.39, 0.29) is 32.7 Å². The molecular weight excluding hydrogens is 465 g/mol. The van der Waals surface area contributed by atoms with Crippen LogP contribution in [-0.4, -0.2) is 28.2 Å². The Balaban J connectivity index is 0.00000289. The van der Waals surface area contributed by atoms with E-state index in [2.05, 4.69) is 136 Å². The molecule has 0 atom stereocenters. The zero-order valence-corrected chi connectivity index (χ0v) is 22.5. The van der Waals surface area contributed by atoms with E-state index in [4.69, 9.17) is 0 Å². The number of nitrogens with zero attached hydrogens (tertiary/aromatic N) is 2. The molecule has 0 unspecified atom stereocenters. The van der Waals surface area contributed by atoms with Crippen LogP contribution in [0, 0.1) is 6.92 Å². The molecular formula is C29H30N2Y. The van der Waals surface area contributed by atoms with Gasteiger partial charge in [0.1, 0.15) is 0 Å². The molecule has 0 bridgehead atoms. The summed E-state index contributed by atoms with van der Waals surface area (Å²) in [5, 5.41) is 0. The summed E-state index contributed by atoms with van der Waals surface area (Å²) < 4.78 is 0. The predicted molar refractivity (Wildman–Crippen MR) is 136 cm³/mol. The first-order valence-electron chi connectivity index (χ1n) is 10.7. The number of aryl methyl sites for hydroxylation is 1. The molecule has 0 amide bonds. The van der Waals surface area contributed by atoms with Crippen molar-refractivity contribution in [1.82, 2.24) is 0 Å². The zero-order valence-electron chi connectivity index (χ0n) is 19.6. The topological polar surface area (TPSA) is 6.48 Å². The number of anilines is 2. The maximum atomic E-state index is 2.30. The summed E-state index contributed by atoms with van der Waals surface area (Å²) in [5.74, 6) is 0. The number of benzene rings is 4. The van der Waals surface area contributed by atoms with Crippen molar-refractivity contribution in [2.45, 2.75) is 6.92 Å². The molecule has 0 aliphatic carbocycles. The molecule has 0 fully saturated rings. The van der Waals surface area contributed by atoms with E-state index in [0.29, 0.717) is 0 Å². The van der Waals surface area contributed by atoms with Crippen molar-refractivity contribution in [2.75, 3.05) is 38.0 Å². The molecule has 0 spiro atoms. The molecule has 4 aromatic carbocycles. The maximum absolute atomic E-state index is 2.30. The van der Waals surface area contributed by atoms with Crippen molar-refractivity contribution in [2.24, 2.45) is 0 Å². The average molecular weight is 495 g/mol. The van der Waals surface area contributed by atoms with E-state index in [1.807, 2.05) is 0 Å². The van der Waals surface area contributed by atoms with Crippen molar-refractivity contribution in [1.29, 1.82) is 0 Å². The maximum Gasteiger partial charge on any atom is 0.0361 e. The first-order chi connectivity index (χ1) is 14.9. The van der Waals surface area contributed by atoms with E-state index >= 15 is 0 Å². The summed E-state index contributed by atoms with van der Waals surface area (Å²) in [6.07, 6.45) is 0. The van der Waals surface area contributed by atoms with E-state index in [9.17, 15) is 0 Å². The Morgan fingerprint density at radius 3 is 0.969 bits per heavy atom. The van der Waals surface area contributed by atoms with Crippen molar-refractivity contribution in [3.8, 4) is 33.4 Å². The van der Waals surface area contributed by atoms with Crippen LogP contribution in [0.3, 0.4) is 0 Å². The molecule has 4 rings (SSSR count). The van der Waals surface area contributed by atoms with Gasteiger partial charge in [-0.3, -0.25) is 0 Å². The van der Waals surface area contributed by atoms with Gasteiger partial charge in [0.2, 0.25) is 0 Å². The summed E-state index contributed by atoms with van der Waals surface area (Å²) in [5.41, 5.74) is 11.1. The Hall–Kier alpha value is -2.42. The van der Waals surface area contributed by atoms with Crippen LogP contribution in [0.2, 0.25) is 0 Å². The van der Waals surface area contributed by atoms with Gasteiger partial charge in [-0.25, -0.2) is 0 Å². The summed E-state index contributed by atoms with van der Waals surface area (Å²) in [4.78, 5) is 4.26. The third-order valence-corrected chi connectivity index (χ3v) is 5.75. The smallest absolute Gasteiger partial charge is 0.0361 e. The third-order valence-electron chi connectivity index (χ3n) is 5.75. The molecule has 1 radical (unpaired) electrons. The molecule has 0 heterocycles. The van der Waals surface area contributed by atoms with Gasteiger partial charge in [0.15, 0.2) is 0 Å². The van der Waals surface area contributed by atoms with Gasteiger partial charge in [-0.15, -0.1) is 0 Å². The fourth-order valence-electron chi connectivity index (χ4n) is 3.78. The monoisotopic (exact) mass is 495 g/mol. The van der Waals surface area contributed by atoms with Gasteiger partial charge in [0, 0.05) is 72.3 Å². The van der Waals surface area contributed by atoms with Gasteiger partial charge >= 0.3 is 0 Å². The van der Waals surface area contributed by atoms with Crippen LogP contribution in [0.1, 0.15) is 5.56 Å². The van der Waals surface area contributed by atoms with Crippen LogP contribution >= 0.6 is 0 Å². The van der Waals surface area contributed by atoms with Crippen molar-refractivity contribution >= 4 is 11.4 Å². The number of rotatable bonds is 5. The van der Waals surface area contributed by atoms with Crippen LogP contribution in [0.4, 0.5) is 11.4 Å².